The first-order chi connectivity index (χ1) is 7.74. The average Bonchev–Trinajstić information content (AvgIpc) is 2.59. The summed E-state index contributed by atoms with van der Waals surface area (Å²) >= 11 is 1.33. The van der Waals surface area contributed by atoms with Crippen LogP contribution >= 0.6 is 11.3 Å². The standard InChI is InChI=1S/C11H20N2O2S2/c1-11(2,3)13-17(14,15)10-6-5-9(16-10)7-8-12-4/h5-6,12-13H,7-8H2,1-4H3. The van der Waals surface area contributed by atoms with E-state index in [-0.39, 0.29) is 0 Å². The lowest BCUT2D eigenvalue weighted by atomic mass is 10.1. The zero-order valence-corrected chi connectivity index (χ0v) is 12.3. The van der Waals surface area contributed by atoms with Crippen molar-refractivity contribution in [3.05, 3.63) is 17.0 Å². The molecule has 1 rings (SSSR count). The van der Waals surface area contributed by atoms with Crippen LogP contribution in [-0.4, -0.2) is 27.5 Å². The minimum atomic E-state index is -3.37. The van der Waals surface area contributed by atoms with Crippen LogP contribution in [0.25, 0.3) is 0 Å². The summed E-state index contributed by atoms with van der Waals surface area (Å²) in [4.78, 5) is 1.08. The van der Waals surface area contributed by atoms with Crippen LogP contribution in [-0.2, 0) is 16.4 Å². The van der Waals surface area contributed by atoms with Gasteiger partial charge in [-0.2, -0.15) is 0 Å². The van der Waals surface area contributed by atoms with Crippen LogP contribution in [0.1, 0.15) is 25.6 Å². The first-order valence-electron chi connectivity index (χ1n) is 5.52. The molecule has 0 aromatic carbocycles. The number of likely N-dealkylation sites (N-methyl/N-ethyl adjacent to an activating group) is 1. The van der Waals surface area contributed by atoms with Gasteiger partial charge in [0.15, 0.2) is 0 Å². The maximum absolute atomic E-state index is 12.0. The third-order valence-corrected chi connectivity index (χ3v) is 5.36. The molecular formula is C11H20N2O2S2. The summed E-state index contributed by atoms with van der Waals surface area (Å²) < 4.78 is 27.1. The summed E-state index contributed by atoms with van der Waals surface area (Å²) in [5.74, 6) is 0. The Hall–Kier alpha value is -0.430. The SMILES string of the molecule is CNCCc1ccc(S(=O)(=O)NC(C)(C)C)s1. The molecule has 0 unspecified atom stereocenters. The fourth-order valence-electron chi connectivity index (χ4n) is 1.34. The number of thiophene rings is 1. The van der Waals surface area contributed by atoms with Crippen molar-refractivity contribution < 1.29 is 8.42 Å². The lowest BCUT2D eigenvalue weighted by Gasteiger charge is -2.19. The molecule has 2 N–H and O–H groups in total. The highest BCUT2D eigenvalue weighted by Crippen LogP contribution is 2.23. The first kappa shape index (κ1) is 14.6. The fraction of sp³-hybridized carbons (Fsp3) is 0.636. The molecule has 17 heavy (non-hydrogen) atoms. The van der Waals surface area contributed by atoms with Crippen molar-refractivity contribution in [2.75, 3.05) is 13.6 Å². The van der Waals surface area contributed by atoms with E-state index in [0.29, 0.717) is 4.21 Å². The maximum atomic E-state index is 12.0. The largest absolute Gasteiger partial charge is 0.319 e. The predicted molar refractivity (Wildman–Crippen MR) is 72.0 cm³/mol. The molecule has 1 aromatic heterocycles. The normalized spacial score (nSPS) is 12.9. The summed E-state index contributed by atoms with van der Waals surface area (Å²) in [5.41, 5.74) is -0.450. The predicted octanol–water partition coefficient (Wildman–Crippen LogP) is 1.59. The smallest absolute Gasteiger partial charge is 0.250 e. The van der Waals surface area contributed by atoms with Crippen molar-refractivity contribution in [2.24, 2.45) is 0 Å². The zero-order chi connectivity index (χ0) is 13.1. The van der Waals surface area contributed by atoms with Gasteiger partial charge in [-0.1, -0.05) is 0 Å². The van der Waals surface area contributed by atoms with E-state index >= 15 is 0 Å². The lowest BCUT2D eigenvalue weighted by Crippen LogP contribution is -2.40. The number of rotatable bonds is 5. The highest BCUT2D eigenvalue weighted by molar-refractivity contribution is 7.91. The molecule has 98 valence electrons. The van der Waals surface area contributed by atoms with Gasteiger partial charge in [-0.15, -0.1) is 11.3 Å². The van der Waals surface area contributed by atoms with Gasteiger partial charge in [-0.3, -0.25) is 0 Å². The molecule has 1 aromatic rings. The van der Waals surface area contributed by atoms with Crippen molar-refractivity contribution in [2.45, 2.75) is 36.9 Å². The molecule has 6 heteroatoms. The summed E-state index contributed by atoms with van der Waals surface area (Å²) in [7, 11) is -1.49. The minimum Gasteiger partial charge on any atom is -0.319 e. The first-order valence-corrected chi connectivity index (χ1v) is 7.82. The van der Waals surface area contributed by atoms with Crippen molar-refractivity contribution in [3.8, 4) is 0 Å². The van der Waals surface area contributed by atoms with Gasteiger partial charge in [0.05, 0.1) is 0 Å². The van der Waals surface area contributed by atoms with Crippen LogP contribution in [0, 0.1) is 0 Å². The average molecular weight is 276 g/mol. The van der Waals surface area contributed by atoms with E-state index in [9.17, 15) is 8.42 Å². The Labute approximate surface area is 107 Å². The van der Waals surface area contributed by atoms with E-state index < -0.39 is 15.6 Å². The number of sulfonamides is 1. The molecule has 0 saturated carbocycles. The fourth-order valence-corrected chi connectivity index (χ4v) is 4.11. The van der Waals surface area contributed by atoms with Gasteiger partial charge < -0.3 is 5.32 Å². The third kappa shape index (κ3) is 4.75. The quantitative estimate of drug-likeness (QED) is 0.858. The van der Waals surface area contributed by atoms with Crippen molar-refractivity contribution >= 4 is 21.4 Å². The second-order valence-corrected chi connectivity index (χ2v) is 8.01. The summed E-state index contributed by atoms with van der Waals surface area (Å²) in [6.07, 6.45) is 0.853. The highest BCUT2D eigenvalue weighted by Gasteiger charge is 2.23. The number of hydrogen-bond donors (Lipinski definition) is 2. The summed E-state index contributed by atoms with van der Waals surface area (Å²) in [6, 6.07) is 3.54. The molecule has 0 bridgehead atoms. The van der Waals surface area contributed by atoms with Gasteiger partial charge in [-0.25, -0.2) is 13.1 Å². The van der Waals surface area contributed by atoms with Gasteiger partial charge in [0.2, 0.25) is 0 Å². The topological polar surface area (TPSA) is 58.2 Å². The van der Waals surface area contributed by atoms with Gasteiger partial charge in [0.1, 0.15) is 4.21 Å². The van der Waals surface area contributed by atoms with Crippen LogP contribution in [0.3, 0.4) is 0 Å². The Bertz CT molecular complexity index is 458. The van der Waals surface area contributed by atoms with E-state index in [2.05, 4.69) is 10.0 Å². The Morgan fingerprint density at radius 2 is 1.94 bits per heavy atom. The second kappa shape index (κ2) is 5.48. The van der Waals surface area contributed by atoms with Crippen LogP contribution in [0.5, 0.6) is 0 Å². The molecule has 0 aliphatic heterocycles. The second-order valence-electron chi connectivity index (χ2n) is 4.93. The van der Waals surface area contributed by atoms with Crippen LogP contribution < -0.4 is 10.0 Å². The Morgan fingerprint density at radius 3 is 2.47 bits per heavy atom. The molecule has 0 radical (unpaired) electrons. The molecule has 4 nitrogen and oxygen atoms in total. The van der Waals surface area contributed by atoms with Gasteiger partial charge in [0.25, 0.3) is 10.0 Å². The van der Waals surface area contributed by atoms with E-state index in [1.165, 1.54) is 11.3 Å². The number of hydrogen-bond acceptors (Lipinski definition) is 4. The van der Waals surface area contributed by atoms with Gasteiger partial charge in [0, 0.05) is 10.4 Å². The molecule has 0 amide bonds. The van der Waals surface area contributed by atoms with E-state index in [1.807, 2.05) is 33.9 Å². The maximum Gasteiger partial charge on any atom is 0.250 e. The summed E-state index contributed by atoms with van der Waals surface area (Å²) in [6.45, 7) is 6.35. The Kier molecular flexibility index (Phi) is 4.71. The van der Waals surface area contributed by atoms with E-state index in [0.717, 1.165) is 17.8 Å². The monoisotopic (exact) mass is 276 g/mol. The Morgan fingerprint density at radius 1 is 1.29 bits per heavy atom. The van der Waals surface area contributed by atoms with Crippen molar-refractivity contribution in [1.29, 1.82) is 0 Å². The van der Waals surface area contributed by atoms with Crippen LogP contribution in [0.2, 0.25) is 0 Å². The molecule has 0 aliphatic carbocycles. The van der Waals surface area contributed by atoms with Crippen molar-refractivity contribution in [3.63, 3.8) is 0 Å². The molecule has 0 saturated heterocycles. The lowest BCUT2D eigenvalue weighted by molar-refractivity contribution is 0.492. The Balaban J connectivity index is 2.82. The zero-order valence-electron chi connectivity index (χ0n) is 10.7. The molecular weight excluding hydrogens is 256 g/mol. The van der Waals surface area contributed by atoms with E-state index in [4.69, 9.17) is 0 Å². The van der Waals surface area contributed by atoms with Crippen LogP contribution in [0.15, 0.2) is 16.3 Å². The molecule has 1 heterocycles. The third-order valence-electron chi connectivity index (χ3n) is 1.96. The van der Waals surface area contributed by atoms with Gasteiger partial charge in [-0.05, 0) is 52.9 Å². The number of nitrogens with one attached hydrogen (secondary N) is 2. The molecule has 0 aliphatic rings. The summed E-state index contributed by atoms with van der Waals surface area (Å²) in [5, 5.41) is 3.04. The van der Waals surface area contributed by atoms with E-state index in [1.54, 1.807) is 6.07 Å². The molecule has 0 spiro atoms. The molecule has 0 atom stereocenters. The van der Waals surface area contributed by atoms with Crippen LogP contribution in [0.4, 0.5) is 0 Å². The minimum absolute atomic E-state index is 0.388. The highest BCUT2D eigenvalue weighted by atomic mass is 32.2. The van der Waals surface area contributed by atoms with Crippen molar-refractivity contribution in [1.82, 2.24) is 10.0 Å². The molecule has 0 fully saturated rings. The van der Waals surface area contributed by atoms with Gasteiger partial charge >= 0.3 is 0 Å².